The SMILES string of the molecule is [C-]#[N+]c1ccc(Cn2cncc2CCNC(=O)C2CNCCN2C(=O)NC2CCCCC2)cc1. The molecule has 2 aliphatic rings. The number of hydrogen-bond donors (Lipinski definition) is 3. The summed E-state index contributed by atoms with van der Waals surface area (Å²) in [4.78, 5) is 35.2. The Morgan fingerprint density at radius 3 is 2.74 bits per heavy atom. The van der Waals surface area contributed by atoms with Gasteiger partial charge in [0.25, 0.3) is 0 Å². The van der Waals surface area contributed by atoms with Gasteiger partial charge in [-0.1, -0.05) is 43.5 Å². The van der Waals surface area contributed by atoms with Crippen molar-refractivity contribution in [3.05, 3.63) is 59.5 Å². The van der Waals surface area contributed by atoms with Gasteiger partial charge < -0.3 is 25.4 Å². The molecule has 180 valence electrons. The second kappa shape index (κ2) is 11.7. The van der Waals surface area contributed by atoms with Crippen LogP contribution in [0.5, 0.6) is 0 Å². The largest absolute Gasteiger partial charge is 0.354 e. The molecule has 34 heavy (non-hydrogen) atoms. The first kappa shape index (κ1) is 23.8. The molecule has 1 saturated heterocycles. The molecule has 3 amide bonds. The number of nitrogens with one attached hydrogen (secondary N) is 3. The molecule has 1 aromatic heterocycles. The highest BCUT2D eigenvalue weighted by Crippen LogP contribution is 2.18. The van der Waals surface area contributed by atoms with E-state index in [0.29, 0.717) is 44.8 Å². The zero-order valence-corrected chi connectivity index (χ0v) is 19.5. The van der Waals surface area contributed by atoms with E-state index >= 15 is 0 Å². The zero-order valence-electron chi connectivity index (χ0n) is 19.5. The summed E-state index contributed by atoms with van der Waals surface area (Å²) < 4.78 is 2.05. The van der Waals surface area contributed by atoms with E-state index < -0.39 is 6.04 Å². The van der Waals surface area contributed by atoms with Crippen molar-refractivity contribution in [3.8, 4) is 0 Å². The molecule has 1 aliphatic heterocycles. The van der Waals surface area contributed by atoms with Gasteiger partial charge in [0, 0.05) is 57.1 Å². The van der Waals surface area contributed by atoms with Crippen molar-refractivity contribution in [1.82, 2.24) is 30.4 Å². The standard InChI is InChI=1S/C25H33N7O2/c1-26-20-9-7-19(8-10-20)17-31-18-28-15-22(31)11-12-29-24(33)23-16-27-13-14-32(23)25(34)30-21-5-3-2-4-6-21/h7-10,15,18,21,23,27H,2-6,11-14,16-17H2,(H,29,33)(H,30,34). The maximum Gasteiger partial charge on any atom is 0.318 e. The van der Waals surface area contributed by atoms with Gasteiger partial charge in [0.1, 0.15) is 6.04 Å². The number of rotatable bonds is 7. The topological polar surface area (TPSA) is 95.7 Å². The molecule has 9 heteroatoms. The van der Waals surface area contributed by atoms with Crippen molar-refractivity contribution >= 4 is 17.6 Å². The molecule has 9 nitrogen and oxygen atoms in total. The number of amides is 3. The van der Waals surface area contributed by atoms with Crippen LogP contribution in [0.15, 0.2) is 36.8 Å². The van der Waals surface area contributed by atoms with Crippen LogP contribution in [-0.4, -0.2) is 64.7 Å². The van der Waals surface area contributed by atoms with Gasteiger partial charge in [-0.15, -0.1) is 0 Å². The lowest BCUT2D eigenvalue weighted by Crippen LogP contribution is -2.62. The predicted molar refractivity (Wildman–Crippen MR) is 130 cm³/mol. The van der Waals surface area contributed by atoms with Crippen molar-refractivity contribution in [2.24, 2.45) is 0 Å². The zero-order chi connectivity index (χ0) is 23.8. The number of aromatic nitrogens is 2. The van der Waals surface area contributed by atoms with E-state index in [9.17, 15) is 9.59 Å². The summed E-state index contributed by atoms with van der Waals surface area (Å²) in [5.41, 5.74) is 2.72. The molecule has 1 unspecified atom stereocenters. The fraction of sp³-hybridized carbons (Fsp3) is 0.520. The second-order valence-corrected chi connectivity index (χ2v) is 9.03. The average molecular weight is 464 g/mol. The van der Waals surface area contributed by atoms with Crippen LogP contribution >= 0.6 is 0 Å². The molecule has 2 heterocycles. The van der Waals surface area contributed by atoms with Gasteiger partial charge in [-0.05, 0) is 18.4 Å². The third-order valence-corrected chi connectivity index (χ3v) is 6.64. The van der Waals surface area contributed by atoms with Crippen LogP contribution < -0.4 is 16.0 Å². The number of urea groups is 1. The molecule has 1 saturated carbocycles. The van der Waals surface area contributed by atoms with Gasteiger partial charge in [0.2, 0.25) is 5.91 Å². The molecule has 1 aromatic carbocycles. The minimum Gasteiger partial charge on any atom is -0.354 e. The van der Waals surface area contributed by atoms with E-state index in [1.807, 2.05) is 35.0 Å². The molecule has 2 fully saturated rings. The summed E-state index contributed by atoms with van der Waals surface area (Å²) in [6, 6.07) is 7.10. The van der Waals surface area contributed by atoms with Crippen molar-refractivity contribution in [2.75, 3.05) is 26.2 Å². The highest BCUT2D eigenvalue weighted by Gasteiger charge is 2.33. The third-order valence-electron chi connectivity index (χ3n) is 6.64. The van der Waals surface area contributed by atoms with Crippen molar-refractivity contribution in [1.29, 1.82) is 0 Å². The minimum absolute atomic E-state index is 0.129. The van der Waals surface area contributed by atoms with Gasteiger partial charge in [-0.25, -0.2) is 14.6 Å². The molecule has 0 spiro atoms. The smallest absolute Gasteiger partial charge is 0.318 e. The third kappa shape index (κ3) is 6.14. The number of hydrogen-bond acceptors (Lipinski definition) is 4. The summed E-state index contributed by atoms with van der Waals surface area (Å²) in [7, 11) is 0. The Balaban J connectivity index is 1.28. The van der Waals surface area contributed by atoms with Gasteiger partial charge in [-0.3, -0.25) is 4.79 Å². The summed E-state index contributed by atoms with van der Waals surface area (Å²) in [6.45, 7) is 9.87. The minimum atomic E-state index is -0.511. The number of nitrogens with zero attached hydrogens (tertiary/aromatic N) is 4. The highest BCUT2D eigenvalue weighted by molar-refractivity contribution is 5.87. The molecule has 3 N–H and O–H groups in total. The molecular formula is C25H33N7O2. The van der Waals surface area contributed by atoms with E-state index in [2.05, 4.69) is 25.8 Å². The fourth-order valence-electron chi connectivity index (χ4n) is 4.69. The molecule has 0 radical (unpaired) electrons. The quantitative estimate of drug-likeness (QED) is 0.550. The molecule has 1 aliphatic carbocycles. The Labute approximate surface area is 200 Å². The number of piperazine rings is 1. The maximum absolute atomic E-state index is 13.0. The van der Waals surface area contributed by atoms with Crippen LogP contribution in [0.25, 0.3) is 4.85 Å². The first-order valence-electron chi connectivity index (χ1n) is 12.1. The summed E-state index contributed by atoms with van der Waals surface area (Å²) >= 11 is 0. The molecule has 0 bridgehead atoms. The fourth-order valence-corrected chi connectivity index (χ4v) is 4.69. The average Bonchev–Trinajstić information content (AvgIpc) is 3.31. The van der Waals surface area contributed by atoms with E-state index in [1.54, 1.807) is 11.2 Å². The van der Waals surface area contributed by atoms with Crippen molar-refractivity contribution in [2.45, 2.75) is 57.2 Å². The molecular weight excluding hydrogens is 430 g/mol. The van der Waals surface area contributed by atoms with E-state index in [0.717, 1.165) is 36.9 Å². The van der Waals surface area contributed by atoms with Crippen LogP contribution in [0.2, 0.25) is 0 Å². The van der Waals surface area contributed by atoms with E-state index in [4.69, 9.17) is 6.57 Å². The Morgan fingerprint density at radius 2 is 1.97 bits per heavy atom. The van der Waals surface area contributed by atoms with Gasteiger partial charge in [-0.2, -0.15) is 0 Å². The van der Waals surface area contributed by atoms with Crippen molar-refractivity contribution < 1.29 is 9.59 Å². The summed E-state index contributed by atoms with van der Waals surface area (Å²) in [5.74, 6) is -0.133. The van der Waals surface area contributed by atoms with Gasteiger partial charge >= 0.3 is 6.03 Å². The van der Waals surface area contributed by atoms with Crippen molar-refractivity contribution in [3.63, 3.8) is 0 Å². The van der Waals surface area contributed by atoms with Gasteiger partial charge in [0.15, 0.2) is 5.69 Å². The maximum atomic E-state index is 13.0. The lowest BCUT2D eigenvalue weighted by atomic mass is 9.96. The van der Waals surface area contributed by atoms with Crippen LogP contribution in [0.3, 0.4) is 0 Å². The Kier molecular flexibility index (Phi) is 8.15. The van der Waals surface area contributed by atoms with Crippen LogP contribution in [0, 0.1) is 6.57 Å². The molecule has 4 rings (SSSR count). The first-order valence-corrected chi connectivity index (χ1v) is 12.1. The predicted octanol–water partition coefficient (Wildman–Crippen LogP) is 2.46. The lowest BCUT2D eigenvalue weighted by Gasteiger charge is -2.36. The van der Waals surface area contributed by atoms with E-state index in [1.165, 1.54) is 6.42 Å². The highest BCUT2D eigenvalue weighted by atomic mass is 16.2. The van der Waals surface area contributed by atoms with Crippen LogP contribution in [0.1, 0.15) is 43.4 Å². The van der Waals surface area contributed by atoms with E-state index in [-0.39, 0.29) is 18.0 Å². The number of benzene rings is 1. The second-order valence-electron chi connectivity index (χ2n) is 9.03. The summed E-state index contributed by atoms with van der Waals surface area (Å²) in [5, 5.41) is 9.39. The number of carbonyl (C=O) groups excluding carboxylic acids is 2. The Hall–Kier alpha value is -3.38. The van der Waals surface area contributed by atoms with Gasteiger partial charge in [0.05, 0.1) is 12.9 Å². The molecule has 1 atom stereocenters. The van der Waals surface area contributed by atoms with Crippen LogP contribution in [0.4, 0.5) is 10.5 Å². The normalized spacial score (nSPS) is 18.8. The lowest BCUT2D eigenvalue weighted by molar-refractivity contribution is -0.125. The Morgan fingerprint density at radius 1 is 1.18 bits per heavy atom. The molecule has 2 aromatic rings. The van der Waals surface area contributed by atoms with Crippen LogP contribution in [-0.2, 0) is 17.8 Å². The Bertz CT molecular complexity index is 1010. The number of carbonyl (C=O) groups is 2. The number of imidazole rings is 1. The summed E-state index contributed by atoms with van der Waals surface area (Å²) in [6.07, 6.45) is 9.81. The monoisotopic (exact) mass is 463 g/mol. The first-order chi connectivity index (χ1) is 16.6.